The molecule has 2 aliphatic heterocycles. The summed E-state index contributed by atoms with van der Waals surface area (Å²) in [6.07, 6.45) is 3.13. The molecule has 6 heteroatoms. The molecule has 0 aliphatic carbocycles. The smallest absolute Gasteiger partial charge is 0.312 e. The summed E-state index contributed by atoms with van der Waals surface area (Å²) in [5.74, 6) is 0.440. The number of Topliss-reactive ketones (excluding diaryl/α,β-unsaturated/α-hetero) is 1. The number of furan rings is 1. The number of carbonyl (C=O) groups excluding carboxylic acids is 2. The van der Waals surface area contributed by atoms with E-state index >= 15 is 0 Å². The van der Waals surface area contributed by atoms with Gasteiger partial charge < -0.3 is 19.0 Å². The van der Waals surface area contributed by atoms with Crippen LogP contribution >= 0.6 is 0 Å². The molecule has 28 heavy (non-hydrogen) atoms. The number of allylic oxidation sites excluding steroid dienone is 1. The highest BCUT2D eigenvalue weighted by molar-refractivity contribution is 6.15. The zero-order valence-corrected chi connectivity index (χ0v) is 14.5. The van der Waals surface area contributed by atoms with Crippen LogP contribution in [0.4, 0.5) is 0 Å². The van der Waals surface area contributed by atoms with Crippen LogP contribution in [0, 0.1) is 0 Å². The number of ether oxygens (including phenoxy) is 2. The van der Waals surface area contributed by atoms with Gasteiger partial charge in [-0.25, -0.2) is 0 Å². The highest BCUT2D eigenvalue weighted by Crippen LogP contribution is 2.49. The van der Waals surface area contributed by atoms with Gasteiger partial charge in [0.1, 0.15) is 23.0 Å². The molecule has 0 amide bonds. The molecule has 0 spiro atoms. The molecule has 0 radical (unpaired) electrons. The van der Waals surface area contributed by atoms with Crippen LogP contribution in [0.5, 0.6) is 17.2 Å². The quantitative estimate of drug-likeness (QED) is 0.414. The number of benzene rings is 2. The van der Waals surface area contributed by atoms with Gasteiger partial charge in [-0.15, -0.1) is 0 Å². The maximum atomic E-state index is 12.8. The molecule has 6 nitrogen and oxygen atoms in total. The van der Waals surface area contributed by atoms with E-state index in [9.17, 15) is 14.7 Å². The third kappa shape index (κ3) is 2.58. The fraction of sp³-hybridized carbons (Fsp3) is 0.0909. The summed E-state index contributed by atoms with van der Waals surface area (Å²) in [6.45, 7) is 0. The molecule has 0 saturated carbocycles. The summed E-state index contributed by atoms with van der Waals surface area (Å²) in [5.41, 5.74) is 1.77. The van der Waals surface area contributed by atoms with Gasteiger partial charge in [0, 0.05) is 17.6 Å². The van der Waals surface area contributed by atoms with Crippen molar-refractivity contribution in [3.63, 3.8) is 0 Å². The van der Waals surface area contributed by atoms with Gasteiger partial charge in [0.05, 0.1) is 18.2 Å². The number of phenolic OH excluding ortho intramolecular Hbond substituents is 1. The van der Waals surface area contributed by atoms with Gasteiger partial charge in [-0.3, -0.25) is 9.59 Å². The molecule has 3 aromatic rings. The Kier molecular flexibility index (Phi) is 3.58. The normalized spacial score (nSPS) is 19.1. The van der Waals surface area contributed by atoms with E-state index < -0.39 is 5.92 Å². The summed E-state index contributed by atoms with van der Waals surface area (Å²) in [5, 5.41) is 9.86. The van der Waals surface area contributed by atoms with Crippen LogP contribution in [0.25, 0.3) is 6.08 Å². The highest BCUT2D eigenvalue weighted by atomic mass is 16.5. The number of ketones is 1. The minimum absolute atomic E-state index is 0.0850. The minimum Gasteiger partial charge on any atom is -0.508 e. The number of hydrogen-bond acceptors (Lipinski definition) is 6. The van der Waals surface area contributed by atoms with E-state index in [2.05, 4.69) is 0 Å². The first-order valence-electron chi connectivity index (χ1n) is 8.74. The number of esters is 1. The zero-order chi connectivity index (χ0) is 19.3. The zero-order valence-electron chi connectivity index (χ0n) is 14.5. The average Bonchev–Trinajstić information content (AvgIpc) is 3.30. The maximum Gasteiger partial charge on any atom is 0.312 e. The Hall–Kier alpha value is -3.80. The van der Waals surface area contributed by atoms with Crippen molar-refractivity contribution in [3.8, 4) is 17.2 Å². The van der Waals surface area contributed by atoms with E-state index in [-0.39, 0.29) is 29.7 Å². The van der Waals surface area contributed by atoms with Gasteiger partial charge in [-0.05, 0) is 42.0 Å². The Morgan fingerprint density at radius 1 is 1.04 bits per heavy atom. The predicted octanol–water partition coefficient (Wildman–Crippen LogP) is 4.04. The molecule has 138 valence electrons. The first-order chi connectivity index (χ1) is 13.6. The summed E-state index contributed by atoms with van der Waals surface area (Å²) in [6, 6.07) is 13.3. The molecule has 1 atom stereocenters. The molecule has 0 saturated heterocycles. The Bertz CT molecular complexity index is 1140. The van der Waals surface area contributed by atoms with Crippen LogP contribution in [0.15, 0.2) is 65.0 Å². The lowest BCUT2D eigenvalue weighted by Gasteiger charge is -2.26. The Morgan fingerprint density at radius 3 is 2.71 bits per heavy atom. The average molecular weight is 374 g/mol. The highest BCUT2D eigenvalue weighted by Gasteiger charge is 2.38. The third-order valence-electron chi connectivity index (χ3n) is 4.87. The van der Waals surface area contributed by atoms with Crippen LogP contribution in [0.1, 0.15) is 39.6 Å². The molecule has 0 fully saturated rings. The first-order valence-corrected chi connectivity index (χ1v) is 8.74. The summed E-state index contributed by atoms with van der Waals surface area (Å²) in [4.78, 5) is 24.9. The molecular formula is C22H14O6. The van der Waals surface area contributed by atoms with E-state index in [1.54, 1.807) is 42.5 Å². The second kappa shape index (κ2) is 6.13. The van der Waals surface area contributed by atoms with E-state index in [1.807, 2.05) is 6.07 Å². The van der Waals surface area contributed by atoms with Crippen LogP contribution in [-0.2, 0) is 4.79 Å². The number of aromatic hydroxyl groups is 1. The second-order valence-corrected chi connectivity index (χ2v) is 6.64. The summed E-state index contributed by atoms with van der Waals surface area (Å²) < 4.78 is 16.6. The molecule has 2 aromatic carbocycles. The van der Waals surface area contributed by atoms with Crippen molar-refractivity contribution >= 4 is 17.8 Å². The molecule has 0 unspecified atom stereocenters. The molecule has 2 aliphatic rings. The lowest BCUT2D eigenvalue weighted by atomic mass is 9.84. The van der Waals surface area contributed by atoms with Crippen LogP contribution in [0.3, 0.4) is 0 Å². The van der Waals surface area contributed by atoms with Gasteiger partial charge in [0.25, 0.3) is 0 Å². The fourth-order valence-corrected chi connectivity index (χ4v) is 3.63. The van der Waals surface area contributed by atoms with Crippen molar-refractivity contribution in [2.45, 2.75) is 12.3 Å². The molecule has 1 N–H and O–H groups in total. The van der Waals surface area contributed by atoms with Crippen molar-refractivity contribution in [3.05, 3.63) is 83.0 Å². The van der Waals surface area contributed by atoms with E-state index in [1.165, 1.54) is 12.3 Å². The second-order valence-electron chi connectivity index (χ2n) is 6.64. The standard InChI is InChI=1S/C22H14O6/c23-13-4-1-3-12(9-13)16-11-19(24)27-17-7-6-15-21(25)18(28-22(15)20(16)17)10-14-5-2-8-26-14/h1-10,16,23H,11H2/b18-10-/t16-/m0/s1. The number of phenols is 1. The van der Waals surface area contributed by atoms with Crippen molar-refractivity contribution in [2.75, 3.05) is 0 Å². The van der Waals surface area contributed by atoms with Gasteiger partial charge in [0.2, 0.25) is 5.78 Å². The molecular weight excluding hydrogens is 360 g/mol. The fourth-order valence-electron chi connectivity index (χ4n) is 3.63. The SMILES string of the molecule is O=C1C[C@@H](c2cccc(O)c2)c2c(ccc3c2O/C(=C\c2ccco2)C3=O)O1. The number of fused-ring (bicyclic) bond motifs is 3. The lowest BCUT2D eigenvalue weighted by Crippen LogP contribution is -2.21. The number of hydrogen-bond donors (Lipinski definition) is 1. The predicted molar refractivity (Wildman–Crippen MR) is 98.3 cm³/mol. The van der Waals surface area contributed by atoms with Gasteiger partial charge in [-0.1, -0.05) is 12.1 Å². The minimum atomic E-state index is -0.394. The van der Waals surface area contributed by atoms with Gasteiger partial charge in [0.15, 0.2) is 5.76 Å². The Labute approximate surface area is 159 Å². The Balaban J connectivity index is 1.65. The topological polar surface area (TPSA) is 86.0 Å². The monoisotopic (exact) mass is 374 g/mol. The van der Waals surface area contributed by atoms with Crippen LogP contribution < -0.4 is 9.47 Å². The lowest BCUT2D eigenvalue weighted by molar-refractivity contribution is -0.135. The third-order valence-corrected chi connectivity index (χ3v) is 4.87. The largest absolute Gasteiger partial charge is 0.508 e. The van der Waals surface area contributed by atoms with Crippen LogP contribution in [-0.4, -0.2) is 16.9 Å². The van der Waals surface area contributed by atoms with Crippen molar-refractivity contribution in [1.29, 1.82) is 0 Å². The maximum absolute atomic E-state index is 12.8. The first kappa shape index (κ1) is 16.4. The summed E-state index contributed by atoms with van der Waals surface area (Å²) in [7, 11) is 0. The van der Waals surface area contributed by atoms with E-state index in [0.717, 1.165) is 5.56 Å². The molecule has 3 heterocycles. The van der Waals surface area contributed by atoms with E-state index in [4.69, 9.17) is 13.9 Å². The van der Waals surface area contributed by atoms with Gasteiger partial charge in [-0.2, -0.15) is 0 Å². The molecule has 1 aromatic heterocycles. The van der Waals surface area contributed by atoms with Crippen molar-refractivity contribution in [1.82, 2.24) is 0 Å². The number of rotatable bonds is 2. The summed E-state index contributed by atoms with van der Waals surface area (Å²) >= 11 is 0. The number of carbonyl (C=O) groups is 2. The van der Waals surface area contributed by atoms with E-state index in [0.29, 0.717) is 28.4 Å². The molecule has 0 bridgehead atoms. The van der Waals surface area contributed by atoms with Gasteiger partial charge >= 0.3 is 5.97 Å². The Morgan fingerprint density at radius 2 is 1.93 bits per heavy atom. The van der Waals surface area contributed by atoms with Crippen molar-refractivity contribution in [2.24, 2.45) is 0 Å². The van der Waals surface area contributed by atoms with Crippen LogP contribution in [0.2, 0.25) is 0 Å². The molecule has 5 rings (SSSR count). The van der Waals surface area contributed by atoms with Crippen molar-refractivity contribution < 1.29 is 28.6 Å².